The minimum atomic E-state index is -0.706. The second kappa shape index (κ2) is 9.38. The van der Waals surface area contributed by atoms with Crippen molar-refractivity contribution >= 4 is 11.9 Å². The molecule has 1 heterocycles. The molecule has 0 aromatic heterocycles. The highest BCUT2D eigenvalue weighted by Gasteiger charge is 2.99. The number of hydrogen-bond acceptors (Lipinski definition) is 8. The Morgan fingerprint density at radius 1 is 0.475 bits per heavy atom. The van der Waals surface area contributed by atoms with Gasteiger partial charge in [0.1, 0.15) is 13.2 Å². The number of fused-ring (bicyclic) bond motifs is 8. The lowest BCUT2D eigenvalue weighted by atomic mass is 9.09. The van der Waals surface area contributed by atoms with E-state index in [0.717, 1.165) is 0 Å². The van der Waals surface area contributed by atoms with Crippen LogP contribution >= 0.6 is 0 Å². The normalized spacial score (nSPS) is 40.3. The zero-order valence-electron chi connectivity index (χ0n) is 22.4. The number of hydrogen-bond donors (Lipinski definition) is 0. The van der Waals surface area contributed by atoms with Crippen LogP contribution in [0.2, 0.25) is 0 Å². The Hall–Kier alpha value is -2.78. The third-order valence-corrected chi connectivity index (χ3v) is 10.6. The zero-order valence-corrected chi connectivity index (χ0v) is 22.4. The summed E-state index contributed by atoms with van der Waals surface area (Å²) in [5.41, 5.74) is 3.65. The first kappa shape index (κ1) is 25.0. The van der Waals surface area contributed by atoms with Crippen molar-refractivity contribution < 1.29 is 38.0 Å². The number of esters is 2. The van der Waals surface area contributed by atoms with Crippen LogP contribution in [0.15, 0.2) is 48.5 Å². The Kier molecular flexibility index (Phi) is 5.85. The number of carbonyl (C=O) groups is 2. The molecule has 4 fully saturated rings. The molecule has 1 saturated heterocycles. The maximum Gasteiger partial charge on any atom is 0.313 e. The SMILES string of the molecule is O=C1OCCOCCOCCOCCOCCOC(=O)C23C4[C@@H]5c6ccccc6[C@H]2[C@H]2c6ccccc6[C@@H]5C14C23. The molecular weight excluding hydrogens is 512 g/mol. The Labute approximate surface area is 233 Å². The summed E-state index contributed by atoms with van der Waals surface area (Å²) in [7, 11) is 0. The lowest BCUT2D eigenvalue weighted by molar-refractivity contribution is -0.361. The fourth-order valence-corrected chi connectivity index (χ4v) is 9.76. The van der Waals surface area contributed by atoms with E-state index >= 15 is 0 Å². The molecule has 1 aliphatic heterocycles. The van der Waals surface area contributed by atoms with Gasteiger partial charge in [0.15, 0.2) is 0 Å². The summed E-state index contributed by atoms with van der Waals surface area (Å²) in [6.07, 6.45) is 0. The van der Waals surface area contributed by atoms with E-state index in [9.17, 15) is 9.59 Å². The average molecular weight is 547 g/mol. The number of ether oxygens (including phenoxy) is 6. The molecule has 6 aliphatic rings. The van der Waals surface area contributed by atoms with E-state index in [-0.39, 0.29) is 60.7 Å². The third-order valence-electron chi connectivity index (χ3n) is 10.6. The van der Waals surface area contributed by atoms with Gasteiger partial charge in [-0.25, -0.2) is 0 Å². The molecule has 4 atom stereocenters. The fraction of sp³-hybridized carbons (Fsp3) is 0.562. The summed E-state index contributed by atoms with van der Waals surface area (Å²) in [5.74, 6) is -0.486. The lowest BCUT2D eigenvalue weighted by Crippen LogP contribution is -2.91. The van der Waals surface area contributed by atoms with Gasteiger partial charge in [-0.1, -0.05) is 48.5 Å². The number of rotatable bonds is 0. The third kappa shape index (κ3) is 2.95. The summed E-state index contributed by atoms with van der Waals surface area (Å²) >= 11 is 0. The summed E-state index contributed by atoms with van der Waals surface area (Å²) in [5, 5.41) is 0. The van der Waals surface area contributed by atoms with Crippen LogP contribution in [0.25, 0.3) is 0 Å². The molecule has 0 amide bonds. The van der Waals surface area contributed by atoms with Gasteiger partial charge in [0.25, 0.3) is 0 Å². The molecule has 2 bridgehead atoms. The maximum absolute atomic E-state index is 14.1. The van der Waals surface area contributed by atoms with Crippen molar-refractivity contribution in [3.05, 3.63) is 70.8 Å². The molecule has 5 aliphatic carbocycles. The lowest BCUT2D eigenvalue weighted by Gasteiger charge is -2.90. The van der Waals surface area contributed by atoms with Crippen molar-refractivity contribution in [1.29, 1.82) is 0 Å². The smallest absolute Gasteiger partial charge is 0.313 e. The number of carbonyl (C=O) groups excluding carboxylic acids is 2. The molecule has 0 unspecified atom stereocenters. The van der Waals surface area contributed by atoms with Crippen LogP contribution in [-0.4, -0.2) is 78.0 Å². The van der Waals surface area contributed by atoms with E-state index in [1.807, 2.05) is 0 Å². The predicted molar refractivity (Wildman–Crippen MR) is 141 cm³/mol. The highest BCUT2D eigenvalue weighted by Crippen LogP contribution is 2.98. The summed E-state index contributed by atoms with van der Waals surface area (Å²) in [6, 6.07) is 17.1. The van der Waals surface area contributed by atoms with Gasteiger partial charge >= 0.3 is 11.9 Å². The van der Waals surface area contributed by atoms with Gasteiger partial charge in [-0.3, -0.25) is 9.59 Å². The minimum absolute atomic E-state index is 0.00923. The number of cyclic esters (lactones) is 2. The van der Waals surface area contributed by atoms with E-state index in [1.165, 1.54) is 22.3 Å². The van der Waals surface area contributed by atoms with Crippen LogP contribution in [0.3, 0.4) is 0 Å². The van der Waals surface area contributed by atoms with Gasteiger partial charge < -0.3 is 28.4 Å². The van der Waals surface area contributed by atoms with Crippen LogP contribution in [0.4, 0.5) is 0 Å². The van der Waals surface area contributed by atoms with Gasteiger partial charge in [0.2, 0.25) is 0 Å². The first-order chi connectivity index (χ1) is 19.7. The first-order valence-corrected chi connectivity index (χ1v) is 14.6. The van der Waals surface area contributed by atoms with Crippen molar-refractivity contribution in [2.45, 2.75) is 23.7 Å². The first-order valence-electron chi connectivity index (χ1n) is 14.6. The highest BCUT2D eigenvalue weighted by atomic mass is 16.6. The van der Waals surface area contributed by atoms with Gasteiger partial charge in [-0.15, -0.1) is 0 Å². The van der Waals surface area contributed by atoms with E-state index in [2.05, 4.69) is 48.5 Å². The summed E-state index contributed by atoms with van der Waals surface area (Å²) < 4.78 is 34.3. The van der Waals surface area contributed by atoms with E-state index in [0.29, 0.717) is 52.9 Å². The van der Waals surface area contributed by atoms with Crippen LogP contribution in [0, 0.1) is 22.7 Å². The van der Waals surface area contributed by atoms with Crippen LogP contribution in [0.1, 0.15) is 45.9 Å². The van der Waals surface area contributed by atoms with Crippen molar-refractivity contribution in [2.75, 3.05) is 66.1 Å². The molecule has 2 aromatic carbocycles. The van der Waals surface area contributed by atoms with E-state index in [1.54, 1.807) is 0 Å². The van der Waals surface area contributed by atoms with Crippen LogP contribution in [-0.2, 0) is 38.0 Å². The van der Waals surface area contributed by atoms with Crippen LogP contribution < -0.4 is 0 Å². The van der Waals surface area contributed by atoms with Gasteiger partial charge in [-0.05, 0) is 34.1 Å². The molecule has 2 spiro atoms. The molecule has 8 rings (SSSR count). The fourth-order valence-electron chi connectivity index (χ4n) is 9.76. The molecule has 40 heavy (non-hydrogen) atoms. The highest BCUT2D eigenvalue weighted by molar-refractivity contribution is 5.97. The molecule has 8 nitrogen and oxygen atoms in total. The van der Waals surface area contributed by atoms with Gasteiger partial charge in [0.05, 0.1) is 63.7 Å². The summed E-state index contributed by atoms with van der Waals surface area (Å²) in [4.78, 5) is 28.3. The number of benzene rings is 2. The monoisotopic (exact) mass is 546 g/mol. The molecule has 2 aromatic rings. The molecule has 8 heteroatoms. The summed E-state index contributed by atoms with van der Waals surface area (Å²) in [6.45, 7) is 3.66. The van der Waals surface area contributed by atoms with E-state index < -0.39 is 10.8 Å². The molecule has 210 valence electrons. The van der Waals surface area contributed by atoms with Gasteiger partial charge in [0, 0.05) is 23.7 Å². The van der Waals surface area contributed by atoms with Gasteiger partial charge in [-0.2, -0.15) is 0 Å². The second-order valence-corrected chi connectivity index (χ2v) is 11.8. The Bertz CT molecular complexity index is 1230. The Morgan fingerprint density at radius 3 is 1.18 bits per heavy atom. The van der Waals surface area contributed by atoms with Crippen molar-refractivity contribution in [2.24, 2.45) is 22.7 Å². The quantitative estimate of drug-likeness (QED) is 0.466. The second-order valence-electron chi connectivity index (χ2n) is 11.8. The molecule has 0 radical (unpaired) electrons. The van der Waals surface area contributed by atoms with Crippen molar-refractivity contribution in [1.82, 2.24) is 0 Å². The minimum Gasteiger partial charge on any atom is -0.463 e. The molecule has 0 N–H and O–H groups in total. The van der Waals surface area contributed by atoms with Crippen LogP contribution in [0.5, 0.6) is 0 Å². The van der Waals surface area contributed by atoms with E-state index in [4.69, 9.17) is 28.4 Å². The zero-order chi connectivity index (χ0) is 26.9. The molecular formula is C32H34O8. The maximum atomic E-state index is 14.1. The Balaban J connectivity index is 1.17. The topological polar surface area (TPSA) is 89.5 Å². The molecule has 3 saturated carbocycles. The van der Waals surface area contributed by atoms with Crippen molar-refractivity contribution in [3.63, 3.8) is 0 Å². The Morgan fingerprint density at radius 2 is 0.800 bits per heavy atom. The largest absolute Gasteiger partial charge is 0.463 e. The average Bonchev–Trinajstić information content (AvgIpc) is 2.93. The van der Waals surface area contributed by atoms with Crippen molar-refractivity contribution in [3.8, 4) is 0 Å². The predicted octanol–water partition coefficient (Wildman–Crippen LogP) is 3.16. The standard InChI is InChI=1S/C32H34O8/c33-29-31-25-21-7-3-1-5-19(21)23-26-22-8-4-2-6-20(22)24(25)28(31)32(26,27(23)31)30(34)40-18-16-38-14-12-36-10-9-35-11-13-37-15-17-39-29/h1-8,23-28H,9-18H2/t23-,24-,25+,26+,27?,28?,31?,32?/m1/s1.